The minimum atomic E-state index is 0.556. The van der Waals surface area contributed by atoms with Gasteiger partial charge in [0.2, 0.25) is 0 Å². The lowest BCUT2D eigenvalue weighted by atomic mass is 9.96. The number of thiazole rings is 1. The van der Waals surface area contributed by atoms with Crippen LogP contribution in [-0.4, -0.2) is 26.0 Å². The number of hydrogen-bond acceptors (Lipinski definition) is 6. The third-order valence-corrected chi connectivity index (χ3v) is 6.15. The molecule has 1 fully saturated rings. The number of aromatic nitrogens is 4. The lowest BCUT2D eigenvalue weighted by Crippen LogP contribution is -2.21. The molecular formula is C22H23N5OS. The van der Waals surface area contributed by atoms with Crippen LogP contribution < -0.4 is 10.1 Å². The first-order valence-electron chi connectivity index (χ1n) is 10.1. The summed E-state index contributed by atoms with van der Waals surface area (Å²) in [5.41, 5.74) is 2.76. The van der Waals surface area contributed by atoms with E-state index < -0.39 is 0 Å². The van der Waals surface area contributed by atoms with Crippen molar-refractivity contribution in [3.63, 3.8) is 0 Å². The van der Waals surface area contributed by atoms with Crippen LogP contribution in [0.5, 0.6) is 11.5 Å². The quantitative estimate of drug-likeness (QED) is 0.430. The van der Waals surface area contributed by atoms with E-state index in [0.29, 0.717) is 6.04 Å². The molecule has 0 bridgehead atoms. The number of aromatic amines is 1. The third kappa shape index (κ3) is 4.10. The number of pyridine rings is 1. The molecule has 1 saturated carbocycles. The molecule has 0 unspecified atom stereocenters. The number of aryl methyl sites for hydroxylation is 1. The van der Waals surface area contributed by atoms with Crippen LogP contribution in [-0.2, 0) is 0 Å². The van der Waals surface area contributed by atoms with E-state index in [4.69, 9.17) is 9.72 Å². The van der Waals surface area contributed by atoms with Crippen LogP contribution in [0.2, 0.25) is 0 Å². The van der Waals surface area contributed by atoms with Crippen molar-refractivity contribution in [3.8, 4) is 23.0 Å². The SMILES string of the molecule is Cc1cnc(-c2cc(Oc3ccc4nc(NC5CCCCC5)sc4c3)ccn2)[nH]1. The molecule has 0 atom stereocenters. The van der Waals surface area contributed by atoms with E-state index in [-0.39, 0.29) is 0 Å². The molecule has 5 rings (SSSR count). The van der Waals surface area contributed by atoms with Gasteiger partial charge >= 0.3 is 0 Å². The Labute approximate surface area is 173 Å². The first-order valence-corrected chi connectivity index (χ1v) is 10.9. The van der Waals surface area contributed by atoms with E-state index >= 15 is 0 Å². The standard InChI is InChI=1S/C22H23N5OS/c1-14-13-24-21(25-14)19-11-17(9-10-23-19)28-16-7-8-18-20(12-16)29-22(27-18)26-15-5-3-2-4-6-15/h7-13,15H,2-6H2,1H3,(H,24,25)(H,26,27). The number of H-pyrrole nitrogens is 1. The highest BCUT2D eigenvalue weighted by atomic mass is 32.1. The summed E-state index contributed by atoms with van der Waals surface area (Å²) in [7, 11) is 0. The largest absolute Gasteiger partial charge is 0.457 e. The first kappa shape index (κ1) is 18.1. The van der Waals surface area contributed by atoms with Crippen LogP contribution in [0, 0.1) is 6.92 Å². The molecule has 1 aliphatic rings. The molecule has 6 nitrogen and oxygen atoms in total. The highest BCUT2D eigenvalue weighted by molar-refractivity contribution is 7.22. The summed E-state index contributed by atoms with van der Waals surface area (Å²) in [6.45, 7) is 1.97. The zero-order valence-electron chi connectivity index (χ0n) is 16.3. The van der Waals surface area contributed by atoms with Crippen molar-refractivity contribution < 1.29 is 4.74 Å². The monoisotopic (exact) mass is 405 g/mol. The van der Waals surface area contributed by atoms with Gasteiger partial charge in [0.25, 0.3) is 0 Å². The Morgan fingerprint density at radius 3 is 2.76 bits per heavy atom. The van der Waals surface area contributed by atoms with Crippen LogP contribution in [0.1, 0.15) is 37.8 Å². The highest BCUT2D eigenvalue weighted by Gasteiger charge is 2.15. The van der Waals surface area contributed by atoms with Gasteiger partial charge in [-0.3, -0.25) is 4.98 Å². The molecule has 0 spiro atoms. The van der Waals surface area contributed by atoms with Crippen molar-refractivity contribution in [1.82, 2.24) is 19.9 Å². The maximum atomic E-state index is 6.09. The minimum Gasteiger partial charge on any atom is -0.457 e. The molecule has 2 N–H and O–H groups in total. The van der Waals surface area contributed by atoms with Gasteiger partial charge < -0.3 is 15.0 Å². The van der Waals surface area contributed by atoms with Gasteiger partial charge in [0.15, 0.2) is 11.0 Å². The van der Waals surface area contributed by atoms with Crippen LogP contribution in [0.25, 0.3) is 21.7 Å². The zero-order valence-corrected chi connectivity index (χ0v) is 17.1. The van der Waals surface area contributed by atoms with Gasteiger partial charge in [0, 0.05) is 36.3 Å². The average molecular weight is 406 g/mol. The molecule has 3 aromatic heterocycles. The summed E-state index contributed by atoms with van der Waals surface area (Å²) in [4.78, 5) is 16.7. The fraction of sp³-hybridized carbons (Fsp3) is 0.318. The van der Waals surface area contributed by atoms with Crippen molar-refractivity contribution in [2.75, 3.05) is 5.32 Å². The summed E-state index contributed by atoms with van der Waals surface area (Å²) >= 11 is 1.69. The number of nitrogens with zero attached hydrogens (tertiary/aromatic N) is 3. The average Bonchev–Trinajstić information content (AvgIpc) is 3.34. The van der Waals surface area contributed by atoms with Gasteiger partial charge in [0.1, 0.15) is 17.2 Å². The molecule has 0 aliphatic heterocycles. The Morgan fingerprint density at radius 1 is 1.07 bits per heavy atom. The second-order valence-corrected chi connectivity index (χ2v) is 8.55. The van der Waals surface area contributed by atoms with Crippen LogP contribution in [0.4, 0.5) is 5.13 Å². The molecule has 148 valence electrons. The number of fused-ring (bicyclic) bond motifs is 1. The number of hydrogen-bond donors (Lipinski definition) is 2. The maximum absolute atomic E-state index is 6.09. The first-order chi connectivity index (χ1) is 14.2. The fourth-order valence-corrected chi connectivity index (χ4v) is 4.71. The lowest BCUT2D eigenvalue weighted by Gasteiger charge is -2.22. The summed E-state index contributed by atoms with van der Waals surface area (Å²) < 4.78 is 7.21. The summed E-state index contributed by atoms with van der Waals surface area (Å²) in [6, 6.07) is 10.3. The van der Waals surface area contributed by atoms with E-state index in [1.54, 1.807) is 23.7 Å². The van der Waals surface area contributed by atoms with Crippen LogP contribution in [0.15, 0.2) is 42.7 Å². The highest BCUT2D eigenvalue weighted by Crippen LogP contribution is 2.33. The third-order valence-electron chi connectivity index (χ3n) is 5.21. The predicted molar refractivity (Wildman–Crippen MR) is 117 cm³/mol. The Bertz CT molecular complexity index is 1130. The van der Waals surface area contributed by atoms with E-state index in [1.807, 2.05) is 31.2 Å². The Balaban J connectivity index is 1.34. The topological polar surface area (TPSA) is 75.7 Å². The number of benzene rings is 1. The zero-order chi connectivity index (χ0) is 19.6. The minimum absolute atomic E-state index is 0.556. The molecule has 4 aromatic rings. The van der Waals surface area contributed by atoms with Crippen molar-refractivity contribution in [2.24, 2.45) is 0 Å². The van der Waals surface area contributed by atoms with Crippen LogP contribution >= 0.6 is 11.3 Å². The van der Waals surface area contributed by atoms with Crippen molar-refractivity contribution in [3.05, 3.63) is 48.4 Å². The Morgan fingerprint density at radius 2 is 1.93 bits per heavy atom. The molecule has 3 heterocycles. The van der Waals surface area contributed by atoms with E-state index in [2.05, 4.69) is 26.3 Å². The summed E-state index contributed by atoms with van der Waals surface area (Å²) in [5, 5.41) is 4.62. The molecule has 0 amide bonds. The number of anilines is 1. The Hall–Kier alpha value is -2.93. The molecule has 7 heteroatoms. The van der Waals surface area contributed by atoms with E-state index in [9.17, 15) is 0 Å². The smallest absolute Gasteiger partial charge is 0.184 e. The second-order valence-electron chi connectivity index (χ2n) is 7.52. The molecule has 0 saturated heterocycles. The number of rotatable bonds is 5. The van der Waals surface area contributed by atoms with Gasteiger partial charge in [-0.25, -0.2) is 9.97 Å². The number of ether oxygens (including phenoxy) is 1. The second kappa shape index (κ2) is 7.83. The molecule has 1 aliphatic carbocycles. The predicted octanol–water partition coefficient (Wildman–Crippen LogP) is 5.93. The van der Waals surface area contributed by atoms with Gasteiger partial charge in [-0.1, -0.05) is 30.6 Å². The number of nitrogens with one attached hydrogen (secondary N) is 2. The summed E-state index contributed by atoms with van der Waals surface area (Å²) in [5.74, 6) is 2.26. The van der Waals surface area contributed by atoms with Crippen molar-refractivity contribution in [2.45, 2.75) is 45.1 Å². The van der Waals surface area contributed by atoms with Crippen LogP contribution in [0.3, 0.4) is 0 Å². The molecular weight excluding hydrogens is 382 g/mol. The van der Waals surface area contributed by atoms with E-state index in [1.165, 1.54) is 32.1 Å². The van der Waals surface area contributed by atoms with Crippen molar-refractivity contribution in [1.29, 1.82) is 0 Å². The molecule has 29 heavy (non-hydrogen) atoms. The normalized spacial score (nSPS) is 14.9. The van der Waals surface area contributed by atoms with Gasteiger partial charge in [-0.2, -0.15) is 0 Å². The summed E-state index contributed by atoms with van der Waals surface area (Å²) in [6.07, 6.45) is 9.99. The van der Waals surface area contributed by atoms with Gasteiger partial charge in [-0.05, 0) is 38.0 Å². The lowest BCUT2D eigenvalue weighted by molar-refractivity contribution is 0.462. The molecule has 1 aromatic carbocycles. The fourth-order valence-electron chi connectivity index (χ4n) is 3.73. The molecule has 0 radical (unpaired) electrons. The van der Waals surface area contributed by atoms with Crippen molar-refractivity contribution >= 4 is 26.7 Å². The van der Waals surface area contributed by atoms with Gasteiger partial charge in [-0.15, -0.1) is 0 Å². The Kier molecular flexibility index (Phi) is 4.89. The van der Waals surface area contributed by atoms with Gasteiger partial charge in [0.05, 0.1) is 10.2 Å². The maximum Gasteiger partial charge on any atom is 0.184 e. The van der Waals surface area contributed by atoms with E-state index in [0.717, 1.165) is 44.1 Å². The number of imidazole rings is 1.